The van der Waals surface area contributed by atoms with Crippen LogP contribution >= 0.6 is 11.3 Å². The number of esters is 1. The topological polar surface area (TPSA) is 137 Å². The van der Waals surface area contributed by atoms with Crippen molar-refractivity contribution in [2.24, 2.45) is 5.14 Å². The average molecular weight is 431 g/mol. The van der Waals surface area contributed by atoms with E-state index in [0.29, 0.717) is 28.8 Å². The first-order chi connectivity index (χ1) is 13.8. The lowest BCUT2D eigenvalue weighted by atomic mass is 10.00. The fraction of sp³-hybridized carbons (Fsp3) is 0.222. The molecule has 2 heterocycles. The molecule has 0 unspecified atom stereocenters. The third-order valence-electron chi connectivity index (χ3n) is 4.28. The number of carbonyl (C=O) groups is 1. The van der Waals surface area contributed by atoms with Crippen LogP contribution in [0.4, 0.5) is 11.6 Å². The van der Waals surface area contributed by atoms with Gasteiger partial charge in [0.25, 0.3) is 0 Å². The number of benzene rings is 1. The zero-order valence-electron chi connectivity index (χ0n) is 15.4. The number of nitrogens with one attached hydrogen (secondary N) is 1. The molecule has 2 aromatic heterocycles. The van der Waals surface area contributed by atoms with E-state index in [-0.39, 0.29) is 11.5 Å². The van der Waals surface area contributed by atoms with E-state index in [1.54, 1.807) is 25.3 Å². The number of thiazole rings is 1. The van der Waals surface area contributed by atoms with Gasteiger partial charge in [0, 0.05) is 11.9 Å². The molecule has 0 aliphatic heterocycles. The Bertz CT molecular complexity index is 1210. The summed E-state index contributed by atoms with van der Waals surface area (Å²) in [7, 11) is -3.81. The van der Waals surface area contributed by atoms with Crippen molar-refractivity contribution < 1.29 is 17.9 Å². The van der Waals surface area contributed by atoms with Gasteiger partial charge in [0.15, 0.2) is 0 Å². The molecule has 0 spiro atoms. The lowest BCUT2D eigenvalue weighted by Crippen LogP contribution is -2.12. The molecule has 4 rings (SSSR count). The minimum absolute atomic E-state index is 0.00992. The molecule has 0 fully saturated rings. The second-order valence-electron chi connectivity index (χ2n) is 6.28. The lowest BCUT2D eigenvalue weighted by Gasteiger charge is -2.15. The Morgan fingerprint density at radius 3 is 2.90 bits per heavy atom. The minimum atomic E-state index is -3.81. The maximum Gasteiger partial charge on any atom is 0.367 e. The fourth-order valence-electron chi connectivity index (χ4n) is 2.97. The van der Waals surface area contributed by atoms with Crippen LogP contribution < -0.4 is 10.5 Å². The first kappa shape index (κ1) is 19.4. The van der Waals surface area contributed by atoms with Gasteiger partial charge in [0.2, 0.25) is 21.0 Å². The van der Waals surface area contributed by atoms with Crippen LogP contribution in [0.1, 0.15) is 28.0 Å². The van der Waals surface area contributed by atoms with Crippen molar-refractivity contribution >= 4 is 39.0 Å². The van der Waals surface area contributed by atoms with E-state index in [0.717, 1.165) is 22.6 Å². The number of rotatable bonds is 5. The predicted octanol–water partition coefficient (Wildman–Crippen LogP) is 2.27. The number of aromatic nitrogens is 3. The zero-order chi connectivity index (χ0) is 20.6. The molecule has 0 saturated carbocycles. The molecule has 1 aliphatic carbocycles. The van der Waals surface area contributed by atoms with E-state index < -0.39 is 16.0 Å². The van der Waals surface area contributed by atoms with E-state index in [1.807, 2.05) is 0 Å². The Morgan fingerprint density at radius 1 is 1.31 bits per heavy atom. The molecule has 0 radical (unpaired) electrons. The van der Waals surface area contributed by atoms with E-state index in [9.17, 15) is 13.2 Å². The predicted molar refractivity (Wildman–Crippen MR) is 108 cm³/mol. The summed E-state index contributed by atoms with van der Waals surface area (Å²) in [5.74, 6) is -0.144. The number of fused-ring (bicyclic) bond motifs is 3. The molecule has 3 N–H and O–H groups in total. The highest BCUT2D eigenvalue weighted by molar-refractivity contribution is 7.89. The second-order valence-corrected chi connectivity index (χ2v) is 8.84. The van der Waals surface area contributed by atoms with Crippen LogP contribution in [0.2, 0.25) is 0 Å². The van der Waals surface area contributed by atoms with Gasteiger partial charge in [-0.25, -0.2) is 33.3 Å². The van der Waals surface area contributed by atoms with E-state index in [4.69, 9.17) is 9.88 Å². The van der Waals surface area contributed by atoms with Gasteiger partial charge in [-0.2, -0.15) is 0 Å². The number of aryl methyl sites for hydroxylation is 2. The van der Waals surface area contributed by atoms with Crippen LogP contribution in [0.15, 0.2) is 35.4 Å². The van der Waals surface area contributed by atoms with Crippen LogP contribution in [0.25, 0.3) is 10.6 Å². The monoisotopic (exact) mass is 431 g/mol. The number of hydrogen-bond donors (Lipinski definition) is 2. The van der Waals surface area contributed by atoms with E-state index in [1.165, 1.54) is 23.5 Å². The highest BCUT2D eigenvalue weighted by atomic mass is 32.2. The number of anilines is 2. The van der Waals surface area contributed by atoms with Gasteiger partial charge in [-0.1, -0.05) is 6.07 Å². The van der Waals surface area contributed by atoms with Gasteiger partial charge in [-0.15, -0.1) is 11.3 Å². The van der Waals surface area contributed by atoms with Crippen LogP contribution in [0, 0.1) is 0 Å². The van der Waals surface area contributed by atoms with Gasteiger partial charge in [0.1, 0.15) is 0 Å². The molecule has 29 heavy (non-hydrogen) atoms. The quantitative estimate of drug-likeness (QED) is 0.587. The Labute approximate surface area is 171 Å². The van der Waals surface area contributed by atoms with Crippen molar-refractivity contribution in [2.45, 2.75) is 24.7 Å². The molecule has 0 atom stereocenters. The third-order valence-corrected chi connectivity index (χ3v) is 6.27. The summed E-state index contributed by atoms with van der Waals surface area (Å²) in [6, 6.07) is 6.09. The molecule has 11 heteroatoms. The summed E-state index contributed by atoms with van der Waals surface area (Å²) >= 11 is 1.25. The summed E-state index contributed by atoms with van der Waals surface area (Å²) in [5.41, 5.74) is 2.97. The summed E-state index contributed by atoms with van der Waals surface area (Å²) in [4.78, 5) is 26.1. The molecular weight excluding hydrogens is 414 g/mol. The van der Waals surface area contributed by atoms with Crippen LogP contribution in [-0.2, 0) is 27.6 Å². The number of sulfonamides is 1. The molecule has 1 aromatic carbocycles. The number of primary sulfonamides is 1. The zero-order valence-corrected chi connectivity index (χ0v) is 17.0. The molecule has 3 aromatic rings. The average Bonchev–Trinajstić information content (AvgIpc) is 3.13. The van der Waals surface area contributed by atoms with Crippen LogP contribution in [-0.4, -0.2) is 35.9 Å². The van der Waals surface area contributed by atoms with Crippen LogP contribution in [0.5, 0.6) is 0 Å². The molecule has 0 bridgehead atoms. The first-order valence-electron chi connectivity index (χ1n) is 8.78. The van der Waals surface area contributed by atoms with Gasteiger partial charge in [-0.05, 0) is 43.5 Å². The molecule has 150 valence electrons. The first-order valence-corrected chi connectivity index (χ1v) is 11.1. The standard InChI is InChI=1S/C18H17N5O4S2/c1-2-27-17(24)16-22-13-7-6-10-9-20-18(23-14(10)15(13)28-16)21-11-4-3-5-12(8-11)29(19,25)26/h3-5,8-9H,2,6-7H2,1H3,(H2,19,25,26)(H,20,21,23). The smallest absolute Gasteiger partial charge is 0.367 e. The Hall–Kier alpha value is -2.89. The van der Waals surface area contributed by atoms with Crippen molar-refractivity contribution in [1.29, 1.82) is 0 Å². The summed E-state index contributed by atoms with van der Waals surface area (Å²) < 4.78 is 28.1. The lowest BCUT2D eigenvalue weighted by molar-refractivity contribution is 0.0525. The van der Waals surface area contributed by atoms with Crippen LogP contribution in [0.3, 0.4) is 0 Å². The molecule has 0 amide bonds. The summed E-state index contributed by atoms with van der Waals surface area (Å²) in [6.45, 7) is 2.03. The number of ether oxygens (including phenoxy) is 1. The molecule has 9 nitrogen and oxygen atoms in total. The van der Waals surface area contributed by atoms with Gasteiger partial charge < -0.3 is 10.1 Å². The highest BCUT2D eigenvalue weighted by Gasteiger charge is 2.25. The number of nitrogens with zero attached hydrogens (tertiary/aromatic N) is 3. The molecule has 1 aliphatic rings. The van der Waals surface area contributed by atoms with Crippen molar-refractivity contribution in [3.63, 3.8) is 0 Å². The van der Waals surface area contributed by atoms with E-state index in [2.05, 4.69) is 20.3 Å². The van der Waals surface area contributed by atoms with Crippen molar-refractivity contribution in [3.8, 4) is 10.6 Å². The Kier molecular flexibility index (Phi) is 5.03. The van der Waals surface area contributed by atoms with Crippen molar-refractivity contribution in [3.05, 3.63) is 46.7 Å². The third kappa shape index (κ3) is 3.97. The minimum Gasteiger partial charge on any atom is -0.461 e. The van der Waals surface area contributed by atoms with Gasteiger partial charge in [0.05, 0.1) is 27.8 Å². The number of hydrogen-bond acceptors (Lipinski definition) is 9. The largest absolute Gasteiger partial charge is 0.461 e. The Morgan fingerprint density at radius 2 is 2.14 bits per heavy atom. The normalized spacial score (nSPS) is 12.8. The van der Waals surface area contributed by atoms with Crippen molar-refractivity contribution in [1.82, 2.24) is 15.0 Å². The number of carbonyl (C=O) groups excluding carboxylic acids is 1. The Balaban J connectivity index is 1.67. The maximum atomic E-state index is 12.0. The molecule has 0 saturated heterocycles. The SMILES string of the molecule is CCOC(=O)c1nc2c(s1)-c1nc(Nc3cccc(S(N)(=O)=O)c3)ncc1CC2. The van der Waals surface area contributed by atoms with Gasteiger partial charge >= 0.3 is 5.97 Å². The molecular formula is C18H17N5O4S2. The number of nitrogens with two attached hydrogens (primary N) is 1. The van der Waals surface area contributed by atoms with E-state index >= 15 is 0 Å². The van der Waals surface area contributed by atoms with Gasteiger partial charge in [-0.3, -0.25) is 0 Å². The summed E-state index contributed by atoms with van der Waals surface area (Å²) in [5, 5.41) is 8.48. The fourth-order valence-corrected chi connectivity index (χ4v) is 4.56. The van der Waals surface area contributed by atoms with Crippen molar-refractivity contribution in [2.75, 3.05) is 11.9 Å². The summed E-state index contributed by atoms with van der Waals surface area (Å²) in [6.07, 6.45) is 3.14. The maximum absolute atomic E-state index is 12.0. The second kappa shape index (κ2) is 7.50. The highest BCUT2D eigenvalue weighted by Crippen LogP contribution is 2.37.